The van der Waals surface area contributed by atoms with Crippen LogP contribution in [0.4, 0.5) is 0 Å². The fraction of sp³-hybridized carbons (Fsp3) is 0.250. The van der Waals surface area contributed by atoms with E-state index in [0.29, 0.717) is 13.1 Å². The van der Waals surface area contributed by atoms with Crippen molar-refractivity contribution in [1.82, 2.24) is 19.7 Å². The summed E-state index contributed by atoms with van der Waals surface area (Å²) in [6, 6.07) is 19.8. The lowest BCUT2D eigenvalue weighted by Gasteiger charge is -2.25. The highest BCUT2D eigenvalue weighted by Gasteiger charge is 2.38. The van der Waals surface area contributed by atoms with Gasteiger partial charge in [-0.05, 0) is 29.3 Å². The van der Waals surface area contributed by atoms with Crippen LogP contribution in [0.15, 0.2) is 79.1 Å². The fourth-order valence-electron chi connectivity index (χ4n) is 4.55. The van der Waals surface area contributed by atoms with E-state index in [-0.39, 0.29) is 36.7 Å². The van der Waals surface area contributed by atoms with Crippen LogP contribution in [0.5, 0.6) is 0 Å². The van der Waals surface area contributed by atoms with Crippen LogP contribution in [-0.4, -0.2) is 75.6 Å². The van der Waals surface area contributed by atoms with Crippen LogP contribution in [0.2, 0.25) is 0 Å². The monoisotopic (exact) mass is 498 g/mol. The average Bonchev–Trinajstić information content (AvgIpc) is 3.05. The molecule has 9 nitrogen and oxygen atoms in total. The molecular weight excluding hydrogens is 472 g/mol. The van der Waals surface area contributed by atoms with E-state index in [1.165, 1.54) is 4.90 Å². The third-order valence-corrected chi connectivity index (χ3v) is 6.48. The van der Waals surface area contributed by atoms with E-state index >= 15 is 0 Å². The summed E-state index contributed by atoms with van der Waals surface area (Å²) >= 11 is 0. The lowest BCUT2D eigenvalue weighted by molar-refractivity contribution is -0.139. The van der Waals surface area contributed by atoms with Crippen molar-refractivity contribution in [1.29, 1.82) is 0 Å². The fourth-order valence-corrected chi connectivity index (χ4v) is 4.55. The summed E-state index contributed by atoms with van der Waals surface area (Å²) in [5, 5.41) is 0. The van der Waals surface area contributed by atoms with Crippen molar-refractivity contribution in [2.75, 3.05) is 26.2 Å². The smallest absolute Gasteiger partial charge is 0.262 e. The van der Waals surface area contributed by atoms with Gasteiger partial charge in [-0.3, -0.25) is 29.1 Å². The van der Waals surface area contributed by atoms with E-state index in [4.69, 9.17) is 4.74 Å². The first-order valence-corrected chi connectivity index (χ1v) is 12.0. The Morgan fingerprint density at radius 1 is 0.865 bits per heavy atom. The van der Waals surface area contributed by atoms with E-state index in [2.05, 4.69) is 4.98 Å². The molecule has 0 aliphatic carbocycles. The maximum absolute atomic E-state index is 13.3. The van der Waals surface area contributed by atoms with Gasteiger partial charge in [0.15, 0.2) is 0 Å². The van der Waals surface area contributed by atoms with Crippen molar-refractivity contribution in [3.05, 3.63) is 101 Å². The molecule has 3 heterocycles. The molecule has 1 atom stereocenters. The summed E-state index contributed by atoms with van der Waals surface area (Å²) in [5.41, 5.74) is 2.39. The van der Waals surface area contributed by atoms with Crippen molar-refractivity contribution in [2.45, 2.75) is 19.3 Å². The predicted molar refractivity (Wildman–Crippen MR) is 133 cm³/mol. The van der Waals surface area contributed by atoms with Crippen molar-refractivity contribution in [3.8, 4) is 0 Å². The first kappa shape index (κ1) is 24.3. The largest absolute Gasteiger partial charge is 0.370 e. The van der Waals surface area contributed by atoms with Gasteiger partial charge in [-0.2, -0.15) is 0 Å². The molecule has 0 bridgehead atoms. The molecule has 2 aliphatic heterocycles. The van der Waals surface area contributed by atoms with Crippen LogP contribution in [0.25, 0.3) is 0 Å². The molecule has 1 aromatic heterocycles. The van der Waals surface area contributed by atoms with Crippen LogP contribution in [0, 0.1) is 0 Å². The third-order valence-electron chi connectivity index (χ3n) is 6.48. The molecule has 2 aromatic carbocycles. The number of hydrogen-bond donors (Lipinski definition) is 0. The Hall–Kier alpha value is -4.37. The molecule has 37 heavy (non-hydrogen) atoms. The summed E-state index contributed by atoms with van der Waals surface area (Å²) in [6.45, 7) is 0.498. The molecule has 1 saturated heterocycles. The Kier molecular flexibility index (Phi) is 7.04. The molecule has 3 aromatic rings. The molecule has 1 unspecified atom stereocenters. The number of fused-ring (bicyclic) bond motifs is 1. The maximum Gasteiger partial charge on any atom is 0.262 e. The molecule has 0 radical (unpaired) electrons. The Balaban J connectivity index is 1.32. The summed E-state index contributed by atoms with van der Waals surface area (Å²) < 4.78 is 6.13. The number of carbonyl (C=O) groups is 4. The van der Waals surface area contributed by atoms with Crippen molar-refractivity contribution in [2.24, 2.45) is 0 Å². The molecule has 188 valence electrons. The normalized spacial score (nSPS) is 17.7. The minimum atomic E-state index is -0.509. The lowest BCUT2D eigenvalue weighted by atomic mass is 10.1. The van der Waals surface area contributed by atoms with Gasteiger partial charge >= 0.3 is 0 Å². The number of imide groups is 1. The van der Waals surface area contributed by atoms with Crippen molar-refractivity contribution >= 4 is 23.6 Å². The maximum atomic E-state index is 13.3. The second-order valence-corrected chi connectivity index (χ2v) is 9.07. The number of pyridine rings is 1. The quantitative estimate of drug-likeness (QED) is 0.463. The molecule has 4 amide bonds. The molecule has 0 spiro atoms. The van der Waals surface area contributed by atoms with E-state index in [1.54, 1.807) is 41.6 Å². The first-order chi connectivity index (χ1) is 18.0. The predicted octanol–water partition coefficient (Wildman–Crippen LogP) is 2.13. The second-order valence-electron chi connectivity index (χ2n) is 9.07. The SMILES string of the molecule is O=C(CN1C(=O)c2ccccc2C1=O)N1CC(=O)N(Cc2ccccc2)CC(OCc2cccnc2)C1. The molecule has 2 aliphatic rings. The van der Waals surface area contributed by atoms with E-state index < -0.39 is 30.4 Å². The Morgan fingerprint density at radius 3 is 2.22 bits per heavy atom. The number of hydrogen-bond acceptors (Lipinski definition) is 6. The molecule has 1 fully saturated rings. The average molecular weight is 499 g/mol. The van der Waals surface area contributed by atoms with Crippen LogP contribution in [0.1, 0.15) is 31.8 Å². The van der Waals surface area contributed by atoms with Gasteiger partial charge in [-0.1, -0.05) is 48.5 Å². The van der Waals surface area contributed by atoms with Crippen LogP contribution in [-0.2, 0) is 27.5 Å². The standard InChI is InChI=1S/C28H26N4O5/c33-25-17-31(26(34)18-32-27(35)23-10-4-5-11-24(23)28(32)36)16-22(37-19-21-9-6-12-29-13-21)15-30(25)14-20-7-2-1-3-8-20/h1-13,22H,14-19H2. The molecule has 0 saturated carbocycles. The topological polar surface area (TPSA) is 100 Å². The van der Waals surface area contributed by atoms with Gasteiger partial charge in [0.25, 0.3) is 11.8 Å². The number of nitrogens with zero attached hydrogens (tertiary/aromatic N) is 4. The van der Waals surface area contributed by atoms with Gasteiger partial charge in [-0.15, -0.1) is 0 Å². The number of ether oxygens (including phenoxy) is 1. The minimum absolute atomic E-state index is 0.152. The zero-order valence-corrected chi connectivity index (χ0v) is 20.2. The molecular formula is C28H26N4O5. The summed E-state index contributed by atoms with van der Waals surface area (Å²) in [6.07, 6.45) is 2.91. The Bertz CT molecular complexity index is 1280. The molecule has 5 rings (SSSR count). The highest BCUT2D eigenvalue weighted by atomic mass is 16.5. The van der Waals surface area contributed by atoms with Gasteiger partial charge < -0.3 is 14.5 Å². The third kappa shape index (κ3) is 5.41. The van der Waals surface area contributed by atoms with Gasteiger partial charge in [0.1, 0.15) is 6.54 Å². The van der Waals surface area contributed by atoms with Crippen molar-refractivity contribution in [3.63, 3.8) is 0 Å². The minimum Gasteiger partial charge on any atom is -0.370 e. The summed E-state index contributed by atoms with van der Waals surface area (Å²) in [4.78, 5) is 60.2. The summed E-state index contributed by atoms with van der Waals surface area (Å²) in [7, 11) is 0. The number of benzene rings is 2. The van der Waals surface area contributed by atoms with E-state index in [1.807, 2.05) is 42.5 Å². The molecule has 9 heteroatoms. The Labute approximate surface area is 214 Å². The number of carbonyl (C=O) groups excluding carboxylic acids is 4. The van der Waals surface area contributed by atoms with Crippen LogP contribution < -0.4 is 0 Å². The van der Waals surface area contributed by atoms with Gasteiger partial charge in [0, 0.05) is 32.0 Å². The second kappa shape index (κ2) is 10.7. The van der Waals surface area contributed by atoms with E-state index in [9.17, 15) is 19.2 Å². The summed E-state index contributed by atoms with van der Waals surface area (Å²) in [5.74, 6) is -1.73. The zero-order chi connectivity index (χ0) is 25.8. The zero-order valence-electron chi connectivity index (χ0n) is 20.2. The number of rotatable bonds is 7. The molecule has 0 N–H and O–H groups in total. The van der Waals surface area contributed by atoms with Gasteiger partial charge in [0.2, 0.25) is 11.8 Å². The Morgan fingerprint density at radius 2 is 1.54 bits per heavy atom. The van der Waals surface area contributed by atoms with Crippen LogP contribution in [0.3, 0.4) is 0 Å². The number of aromatic nitrogens is 1. The lowest BCUT2D eigenvalue weighted by Crippen LogP contribution is -2.46. The van der Waals surface area contributed by atoms with Gasteiger partial charge in [-0.25, -0.2) is 0 Å². The number of amides is 4. The van der Waals surface area contributed by atoms with Crippen LogP contribution >= 0.6 is 0 Å². The van der Waals surface area contributed by atoms with E-state index in [0.717, 1.165) is 16.0 Å². The highest BCUT2D eigenvalue weighted by Crippen LogP contribution is 2.23. The van der Waals surface area contributed by atoms with Gasteiger partial charge in [0.05, 0.1) is 30.4 Å². The first-order valence-electron chi connectivity index (χ1n) is 12.0. The van der Waals surface area contributed by atoms with Crippen molar-refractivity contribution < 1.29 is 23.9 Å². The highest BCUT2D eigenvalue weighted by molar-refractivity contribution is 6.22.